The lowest BCUT2D eigenvalue weighted by atomic mass is 9.33. The number of carbonyl (C=O) groups excluding carboxylic acids is 1. The molecule has 4 saturated heterocycles. The summed E-state index contributed by atoms with van der Waals surface area (Å²) in [6, 6.07) is 0. The molecule has 27 atom stereocenters. The van der Waals surface area contributed by atoms with Crippen molar-refractivity contribution < 1.29 is 104 Å². The van der Waals surface area contributed by atoms with Gasteiger partial charge in [-0.3, -0.25) is 4.79 Å². The van der Waals surface area contributed by atoms with E-state index in [1.165, 1.54) is 12.5 Å². The Balaban J connectivity index is 0.953. The molecule has 0 aromatic carbocycles. The van der Waals surface area contributed by atoms with E-state index in [1.807, 2.05) is 0 Å². The number of hydrogen-bond donors (Lipinski definition) is 12. The van der Waals surface area contributed by atoms with Crippen LogP contribution in [0.25, 0.3) is 0 Å². The van der Waals surface area contributed by atoms with Crippen LogP contribution in [0.4, 0.5) is 0 Å². The van der Waals surface area contributed by atoms with Crippen molar-refractivity contribution >= 4 is 5.97 Å². The average Bonchev–Trinajstić information content (AvgIpc) is 3.35. The summed E-state index contributed by atoms with van der Waals surface area (Å²) in [7, 11) is 0. The van der Waals surface area contributed by atoms with Gasteiger partial charge in [-0.2, -0.15) is 0 Å². The van der Waals surface area contributed by atoms with Gasteiger partial charge in [0.1, 0.15) is 85.5 Å². The lowest BCUT2D eigenvalue weighted by Crippen LogP contribution is -2.66. The highest BCUT2D eigenvalue weighted by atomic mass is 16.8. The number of ether oxygens (including phenoxy) is 8. The van der Waals surface area contributed by atoms with E-state index in [0.29, 0.717) is 19.3 Å². The molecule has 74 heavy (non-hydrogen) atoms. The Morgan fingerprint density at radius 2 is 1.19 bits per heavy atom. The van der Waals surface area contributed by atoms with Crippen LogP contribution in [0.3, 0.4) is 0 Å². The maximum atomic E-state index is 14.8. The fraction of sp³-hybridized carbons (Fsp3) is 0.943. The first-order valence-electron chi connectivity index (χ1n) is 27.1. The Bertz CT molecular complexity index is 2040. The smallest absolute Gasteiger partial charge is 0.315 e. The van der Waals surface area contributed by atoms with Gasteiger partial charge >= 0.3 is 5.97 Å². The van der Waals surface area contributed by atoms with Crippen LogP contribution in [0.2, 0.25) is 0 Å². The second kappa shape index (κ2) is 20.5. The van der Waals surface area contributed by atoms with E-state index in [4.69, 9.17) is 37.9 Å². The molecule has 21 nitrogen and oxygen atoms in total. The van der Waals surface area contributed by atoms with Crippen molar-refractivity contribution in [1.29, 1.82) is 0 Å². The van der Waals surface area contributed by atoms with Crippen LogP contribution in [0.15, 0.2) is 11.6 Å². The maximum Gasteiger partial charge on any atom is 0.315 e. The minimum atomic E-state index is -1.78. The van der Waals surface area contributed by atoms with Crippen molar-refractivity contribution in [2.45, 2.75) is 242 Å². The third kappa shape index (κ3) is 9.17. The molecule has 0 spiro atoms. The van der Waals surface area contributed by atoms with Crippen LogP contribution in [0.5, 0.6) is 0 Å². The van der Waals surface area contributed by atoms with Crippen LogP contribution in [0.1, 0.15) is 120 Å². The van der Waals surface area contributed by atoms with Gasteiger partial charge in [-0.05, 0) is 116 Å². The van der Waals surface area contributed by atoms with Crippen molar-refractivity contribution in [3.8, 4) is 0 Å². The average molecular weight is 1060 g/mol. The zero-order chi connectivity index (χ0) is 54.0. The van der Waals surface area contributed by atoms with Gasteiger partial charge < -0.3 is 99.2 Å². The first-order valence-corrected chi connectivity index (χ1v) is 27.1. The minimum absolute atomic E-state index is 0.0771. The number of fused-ring (bicyclic) bond motifs is 7. The largest absolute Gasteiger partial charge is 0.432 e. The zero-order valence-electron chi connectivity index (χ0n) is 44.1. The molecule has 8 fully saturated rings. The van der Waals surface area contributed by atoms with E-state index in [9.17, 15) is 66.1 Å². The molecule has 5 aliphatic carbocycles. The topological polar surface area (TPSA) is 334 Å². The second-order valence-electron chi connectivity index (χ2n) is 25.8. The molecule has 4 aliphatic heterocycles. The van der Waals surface area contributed by atoms with Crippen LogP contribution >= 0.6 is 0 Å². The summed E-state index contributed by atoms with van der Waals surface area (Å²) >= 11 is 0. The van der Waals surface area contributed by atoms with Gasteiger partial charge in [0.15, 0.2) is 18.9 Å². The Morgan fingerprint density at radius 1 is 0.608 bits per heavy atom. The predicted molar refractivity (Wildman–Crippen MR) is 255 cm³/mol. The van der Waals surface area contributed by atoms with Gasteiger partial charge in [0.25, 0.3) is 0 Å². The van der Waals surface area contributed by atoms with Crippen molar-refractivity contribution in [2.24, 2.45) is 50.2 Å². The fourth-order valence-electron chi connectivity index (χ4n) is 16.1. The van der Waals surface area contributed by atoms with Crippen molar-refractivity contribution in [1.82, 2.24) is 0 Å². The second-order valence-corrected chi connectivity index (χ2v) is 25.8. The molecule has 4 saturated carbocycles. The number of hydrogen-bond acceptors (Lipinski definition) is 21. The van der Waals surface area contributed by atoms with Gasteiger partial charge in [0, 0.05) is 0 Å². The highest BCUT2D eigenvalue weighted by molar-refractivity contribution is 5.79. The van der Waals surface area contributed by atoms with Gasteiger partial charge in [-0.1, -0.05) is 60.1 Å². The molecule has 9 aliphatic rings. The van der Waals surface area contributed by atoms with E-state index in [0.717, 1.165) is 44.9 Å². The molecular formula is C53H86O21. The minimum Gasteiger partial charge on any atom is -0.432 e. The molecule has 4 heterocycles. The van der Waals surface area contributed by atoms with Crippen molar-refractivity contribution in [2.75, 3.05) is 19.8 Å². The molecule has 0 amide bonds. The SMILES string of the molecule is C[C@@H]1O[C@@H](O[C@H]2[C@H](O[C@H]3CC[C@@]4(C)C(CC[C@]5(C)C4CC=C4C6CC(C)(C)CC[C@]6(C(=O)O[C@@H]6O[C@H](CO)[C@@H](O)[C@H](O)[C@H]6O)CC[C@]45C)C3(C)C)OC[C@@H](O[C@@H]3O[C@H](CO)[C@@H](O)[C@H](O)[C@H]3O)[C@@H]2O)[C@H](O)[C@H](O)[C@H]1O. The standard InChI is InChI=1S/C53H86O21/c1-23-32(56)36(60)39(63)43(68-23)73-42-35(59)28(71-44-40(64)37(61)33(57)26(20-54)69-44)22-67-46(42)72-31-12-13-50(6)29(49(31,4)5)11-14-52(8)30(50)10-9-24-25-19-48(2,3)15-17-53(25,18-16-51(24,52)7)47(66)74-45-41(65)38(62)34(58)27(21-55)70-45/h9,23,25-46,54-65H,10-22H2,1-8H3/t23-,25?,26+,27+,28+,29?,30?,31-,32-,33+,34+,35-,36+,37-,38-,39+,40+,41+,42+,43-,44-,45-,46-,50-,51+,52+,53-/m0/s1. The van der Waals surface area contributed by atoms with E-state index in [-0.39, 0.29) is 46.0 Å². The molecule has 12 N–H and O–H groups in total. The number of carbonyl (C=O) groups is 1. The number of rotatable bonds is 10. The van der Waals surface area contributed by atoms with E-state index in [1.54, 1.807) is 0 Å². The summed E-state index contributed by atoms with van der Waals surface area (Å²) in [5.74, 6) is -0.274. The number of allylic oxidation sites excluding steroid dienone is 2. The monoisotopic (exact) mass is 1060 g/mol. The first kappa shape index (κ1) is 57.1. The quantitative estimate of drug-likeness (QED) is 0.0755. The van der Waals surface area contributed by atoms with E-state index >= 15 is 0 Å². The predicted octanol–water partition coefficient (Wildman–Crippen LogP) is -0.369. The molecule has 0 aromatic rings. The molecule has 0 bridgehead atoms. The molecule has 3 unspecified atom stereocenters. The highest BCUT2D eigenvalue weighted by Crippen LogP contribution is 2.76. The summed E-state index contributed by atoms with van der Waals surface area (Å²) in [6.07, 6.45) is -19.6. The summed E-state index contributed by atoms with van der Waals surface area (Å²) in [4.78, 5) is 14.8. The van der Waals surface area contributed by atoms with Gasteiger partial charge in [-0.15, -0.1) is 0 Å². The Labute approximate surface area is 433 Å². The lowest BCUT2D eigenvalue weighted by molar-refractivity contribution is -0.380. The Kier molecular flexibility index (Phi) is 15.8. The van der Waals surface area contributed by atoms with Crippen LogP contribution in [-0.2, 0) is 42.7 Å². The first-order chi connectivity index (χ1) is 34.6. The number of esters is 1. The molecule has 21 heteroatoms. The summed E-state index contributed by atoms with van der Waals surface area (Å²) in [6.45, 7) is 15.9. The lowest BCUT2D eigenvalue weighted by Gasteiger charge is -2.71. The molecule has 0 aromatic heterocycles. The Morgan fingerprint density at radius 3 is 1.82 bits per heavy atom. The zero-order valence-corrected chi connectivity index (χ0v) is 44.1. The van der Waals surface area contributed by atoms with E-state index in [2.05, 4.69) is 54.5 Å². The normalized spacial score (nSPS) is 54.1. The van der Waals surface area contributed by atoms with Gasteiger partial charge in [0.05, 0.1) is 37.4 Å². The number of aliphatic hydroxyl groups is 12. The fourth-order valence-corrected chi connectivity index (χ4v) is 16.1. The van der Waals surface area contributed by atoms with Crippen LogP contribution in [-0.4, -0.2) is 210 Å². The third-order valence-corrected chi connectivity index (χ3v) is 21.0. The maximum absolute atomic E-state index is 14.8. The van der Waals surface area contributed by atoms with Gasteiger partial charge in [-0.25, -0.2) is 0 Å². The molecular weight excluding hydrogens is 973 g/mol. The summed E-state index contributed by atoms with van der Waals surface area (Å²) in [5, 5.41) is 127. The third-order valence-electron chi connectivity index (χ3n) is 21.0. The van der Waals surface area contributed by atoms with Crippen LogP contribution in [0, 0.1) is 50.2 Å². The van der Waals surface area contributed by atoms with E-state index < -0.39 is 153 Å². The van der Waals surface area contributed by atoms with Crippen LogP contribution < -0.4 is 0 Å². The summed E-state index contributed by atoms with van der Waals surface area (Å²) in [5.41, 5.74) is -0.843. The molecule has 424 valence electrons. The Hall–Kier alpha value is -1.55. The molecule has 0 radical (unpaired) electrons. The highest BCUT2D eigenvalue weighted by Gasteiger charge is 2.70. The van der Waals surface area contributed by atoms with Gasteiger partial charge in [0.2, 0.25) is 6.29 Å². The number of aliphatic hydroxyl groups excluding tert-OH is 12. The summed E-state index contributed by atoms with van der Waals surface area (Å²) < 4.78 is 48.6. The van der Waals surface area contributed by atoms with Crippen molar-refractivity contribution in [3.05, 3.63) is 11.6 Å². The van der Waals surface area contributed by atoms with Crippen molar-refractivity contribution in [3.63, 3.8) is 0 Å². The molecule has 9 rings (SSSR count).